The lowest BCUT2D eigenvalue weighted by Crippen LogP contribution is -2.44. The Morgan fingerprint density at radius 3 is 2.13 bits per heavy atom. The Kier molecular flexibility index (Phi) is 5.84. The predicted octanol–water partition coefficient (Wildman–Crippen LogP) is 0.941. The fourth-order valence-electron chi connectivity index (χ4n) is 0.642. The van der Waals surface area contributed by atoms with Crippen molar-refractivity contribution in [3.05, 3.63) is 0 Å². The van der Waals surface area contributed by atoms with Crippen LogP contribution in [0, 0.1) is 0 Å². The van der Waals surface area contributed by atoms with E-state index in [1.165, 1.54) is 7.05 Å². The van der Waals surface area contributed by atoms with Crippen molar-refractivity contribution in [2.24, 2.45) is 0 Å². The molecule has 0 aromatic rings. The monoisotopic (exact) mass is 218 g/mol. The number of hydrogen-bond acceptors (Lipinski definition) is 5. The zero-order valence-corrected chi connectivity index (χ0v) is 8.90. The molecule has 86 valence electrons. The van der Waals surface area contributed by atoms with Gasteiger partial charge in [-0.15, -0.1) is 0 Å². The molecule has 0 saturated carbocycles. The summed E-state index contributed by atoms with van der Waals surface area (Å²) in [4.78, 5) is 33.6. The first-order chi connectivity index (χ1) is 7.02. The molecule has 15 heavy (non-hydrogen) atoms. The molecule has 0 aliphatic carbocycles. The van der Waals surface area contributed by atoms with E-state index in [-0.39, 0.29) is 13.2 Å². The van der Waals surface area contributed by atoms with Crippen molar-refractivity contribution in [2.45, 2.75) is 13.8 Å². The summed E-state index contributed by atoms with van der Waals surface area (Å²) >= 11 is 0. The van der Waals surface area contributed by atoms with E-state index in [1.807, 2.05) is 5.32 Å². The lowest BCUT2D eigenvalue weighted by molar-refractivity contribution is 0.119. The van der Waals surface area contributed by atoms with Crippen LogP contribution in [0.1, 0.15) is 13.8 Å². The quantitative estimate of drug-likeness (QED) is 0.745. The molecule has 0 atom stereocenters. The van der Waals surface area contributed by atoms with E-state index >= 15 is 0 Å². The van der Waals surface area contributed by atoms with E-state index in [1.54, 1.807) is 13.8 Å². The van der Waals surface area contributed by atoms with Crippen molar-refractivity contribution in [3.8, 4) is 0 Å². The first-order valence-electron chi connectivity index (χ1n) is 4.41. The second-order valence-electron chi connectivity index (χ2n) is 2.41. The van der Waals surface area contributed by atoms with Gasteiger partial charge in [0.25, 0.3) is 0 Å². The second-order valence-corrected chi connectivity index (χ2v) is 2.41. The maximum absolute atomic E-state index is 11.2. The van der Waals surface area contributed by atoms with Crippen LogP contribution in [0.5, 0.6) is 0 Å². The molecule has 0 saturated heterocycles. The highest BCUT2D eigenvalue weighted by atomic mass is 16.6. The van der Waals surface area contributed by atoms with Crippen LogP contribution < -0.4 is 5.32 Å². The van der Waals surface area contributed by atoms with Gasteiger partial charge in [-0.05, 0) is 13.8 Å². The lowest BCUT2D eigenvalue weighted by Gasteiger charge is -2.14. The molecule has 0 fully saturated rings. The number of amides is 4. The average Bonchev–Trinajstić information content (AvgIpc) is 2.17. The van der Waals surface area contributed by atoms with Crippen LogP contribution >= 0.6 is 0 Å². The van der Waals surface area contributed by atoms with Crippen LogP contribution in [0.4, 0.5) is 14.4 Å². The molecule has 0 aliphatic rings. The lowest BCUT2D eigenvalue weighted by atomic mass is 10.7. The summed E-state index contributed by atoms with van der Waals surface area (Å²) in [5.41, 5.74) is 0. The van der Waals surface area contributed by atoms with Gasteiger partial charge >= 0.3 is 18.2 Å². The number of hydrogen-bond donors (Lipinski definition) is 1. The summed E-state index contributed by atoms with van der Waals surface area (Å²) in [7, 11) is 1.19. The maximum Gasteiger partial charge on any atom is 0.417 e. The van der Waals surface area contributed by atoms with Crippen LogP contribution in [0.25, 0.3) is 0 Å². The van der Waals surface area contributed by atoms with Gasteiger partial charge in [0.2, 0.25) is 0 Å². The molecule has 0 bridgehead atoms. The largest absolute Gasteiger partial charge is 0.450 e. The number of nitrogens with zero attached hydrogens (tertiary/aromatic N) is 1. The van der Waals surface area contributed by atoms with Gasteiger partial charge in [0.15, 0.2) is 0 Å². The second kappa shape index (κ2) is 6.63. The summed E-state index contributed by atoms with van der Waals surface area (Å²) < 4.78 is 8.99. The van der Waals surface area contributed by atoms with Gasteiger partial charge in [-0.2, -0.15) is 0 Å². The van der Waals surface area contributed by atoms with Crippen molar-refractivity contribution >= 4 is 18.2 Å². The Morgan fingerprint density at radius 2 is 1.67 bits per heavy atom. The molecule has 0 rings (SSSR count). The molecule has 1 N–H and O–H groups in total. The Morgan fingerprint density at radius 1 is 1.13 bits per heavy atom. The van der Waals surface area contributed by atoms with Crippen molar-refractivity contribution in [1.29, 1.82) is 0 Å². The van der Waals surface area contributed by atoms with Gasteiger partial charge in [-0.25, -0.2) is 24.6 Å². The fourth-order valence-corrected chi connectivity index (χ4v) is 0.642. The third kappa shape index (κ3) is 4.84. The molecule has 7 heteroatoms. The molecule has 7 nitrogen and oxygen atoms in total. The van der Waals surface area contributed by atoms with Crippen LogP contribution in [0.2, 0.25) is 0 Å². The fraction of sp³-hybridized carbons (Fsp3) is 0.625. The number of urea groups is 1. The molecule has 0 radical (unpaired) electrons. The number of alkyl carbamates (subject to hydrolysis) is 1. The van der Waals surface area contributed by atoms with Crippen LogP contribution in [-0.2, 0) is 9.47 Å². The minimum absolute atomic E-state index is 0.141. The number of imide groups is 2. The van der Waals surface area contributed by atoms with E-state index < -0.39 is 18.2 Å². The normalized spacial score (nSPS) is 9.00. The minimum Gasteiger partial charge on any atom is -0.450 e. The van der Waals surface area contributed by atoms with Crippen molar-refractivity contribution in [2.75, 3.05) is 20.3 Å². The summed E-state index contributed by atoms with van der Waals surface area (Å²) in [5, 5.41) is 1.84. The zero-order chi connectivity index (χ0) is 11.8. The Labute approximate surface area is 87.3 Å². The first kappa shape index (κ1) is 13.2. The van der Waals surface area contributed by atoms with Gasteiger partial charge < -0.3 is 9.47 Å². The summed E-state index contributed by atoms with van der Waals surface area (Å²) in [5.74, 6) is 0. The average molecular weight is 218 g/mol. The summed E-state index contributed by atoms with van der Waals surface area (Å²) in [6.07, 6.45) is -1.74. The third-order valence-corrected chi connectivity index (χ3v) is 1.33. The van der Waals surface area contributed by atoms with Crippen LogP contribution in [-0.4, -0.2) is 43.4 Å². The number of ether oxygens (including phenoxy) is 2. The highest BCUT2D eigenvalue weighted by Crippen LogP contribution is 1.91. The number of carbonyl (C=O) groups is 3. The van der Waals surface area contributed by atoms with Crippen molar-refractivity contribution in [3.63, 3.8) is 0 Å². The minimum atomic E-state index is -0.904. The Bertz CT molecular complexity index is 253. The van der Waals surface area contributed by atoms with Gasteiger partial charge in [0.05, 0.1) is 13.2 Å². The third-order valence-electron chi connectivity index (χ3n) is 1.33. The standard InChI is InChI=1S/C8H14N2O5/c1-4-14-7(12)9-6(11)10(3)8(13)15-5-2/h4-5H2,1-3H3,(H,9,11,12). The molecule has 0 unspecified atom stereocenters. The molecule has 0 aromatic carbocycles. The van der Waals surface area contributed by atoms with Crippen molar-refractivity contribution in [1.82, 2.24) is 10.2 Å². The Hall–Kier alpha value is -1.79. The molecular formula is C8H14N2O5. The van der Waals surface area contributed by atoms with E-state index in [0.29, 0.717) is 4.90 Å². The van der Waals surface area contributed by atoms with Gasteiger partial charge in [-0.1, -0.05) is 0 Å². The van der Waals surface area contributed by atoms with E-state index in [2.05, 4.69) is 9.47 Å². The summed E-state index contributed by atoms with van der Waals surface area (Å²) in [6, 6.07) is -0.896. The van der Waals surface area contributed by atoms with Gasteiger partial charge in [0.1, 0.15) is 0 Å². The maximum atomic E-state index is 11.2. The predicted molar refractivity (Wildman–Crippen MR) is 50.3 cm³/mol. The first-order valence-corrected chi connectivity index (χ1v) is 4.41. The van der Waals surface area contributed by atoms with E-state index in [4.69, 9.17) is 0 Å². The molecule has 4 amide bonds. The topological polar surface area (TPSA) is 84.9 Å². The van der Waals surface area contributed by atoms with Crippen LogP contribution in [0.15, 0.2) is 0 Å². The van der Waals surface area contributed by atoms with E-state index in [9.17, 15) is 14.4 Å². The molecule has 0 heterocycles. The smallest absolute Gasteiger partial charge is 0.417 e. The van der Waals surface area contributed by atoms with Crippen LogP contribution in [0.3, 0.4) is 0 Å². The highest BCUT2D eigenvalue weighted by Gasteiger charge is 2.19. The SMILES string of the molecule is CCOC(=O)NC(=O)N(C)C(=O)OCC. The molecule has 0 spiro atoms. The number of nitrogens with one attached hydrogen (secondary N) is 1. The molecule has 0 aliphatic heterocycles. The van der Waals surface area contributed by atoms with Gasteiger partial charge in [-0.3, -0.25) is 0 Å². The van der Waals surface area contributed by atoms with Crippen molar-refractivity contribution < 1.29 is 23.9 Å². The number of rotatable bonds is 2. The molecular weight excluding hydrogens is 204 g/mol. The zero-order valence-electron chi connectivity index (χ0n) is 8.90. The molecule has 0 aromatic heterocycles. The van der Waals surface area contributed by atoms with E-state index in [0.717, 1.165) is 0 Å². The number of carbonyl (C=O) groups excluding carboxylic acids is 3. The Balaban J connectivity index is 4.09. The highest BCUT2D eigenvalue weighted by molar-refractivity contribution is 5.98. The van der Waals surface area contributed by atoms with Gasteiger partial charge in [0, 0.05) is 7.05 Å². The summed E-state index contributed by atoms with van der Waals surface area (Å²) in [6.45, 7) is 3.49.